The van der Waals surface area contributed by atoms with E-state index in [1.54, 1.807) is 37.4 Å². The lowest BCUT2D eigenvalue weighted by Crippen LogP contribution is -2.02. The number of halogens is 2. The molecule has 5 heteroatoms. The third kappa shape index (κ3) is 3.90. The van der Waals surface area contributed by atoms with Crippen molar-refractivity contribution in [2.45, 2.75) is 13.5 Å². The fourth-order valence-electron chi connectivity index (χ4n) is 1.83. The van der Waals surface area contributed by atoms with E-state index in [1.807, 2.05) is 6.07 Å². The van der Waals surface area contributed by atoms with Gasteiger partial charge in [0.1, 0.15) is 18.1 Å². The third-order valence-electron chi connectivity index (χ3n) is 2.95. The molecule has 21 heavy (non-hydrogen) atoms. The van der Waals surface area contributed by atoms with Crippen LogP contribution < -0.4 is 9.47 Å². The summed E-state index contributed by atoms with van der Waals surface area (Å²) in [6, 6.07) is 10.4. The standard InChI is InChI=1S/C16H14Cl2O3/c1-10(19)13-5-4-12(20-2)8-16(13)21-9-11-3-6-14(17)15(18)7-11/h3-8H,9H2,1-2H3. The van der Waals surface area contributed by atoms with Crippen molar-refractivity contribution in [2.24, 2.45) is 0 Å². The lowest BCUT2D eigenvalue weighted by Gasteiger charge is -2.12. The average molecular weight is 325 g/mol. The normalized spacial score (nSPS) is 10.3. The van der Waals surface area contributed by atoms with Crippen molar-refractivity contribution in [3.8, 4) is 11.5 Å². The summed E-state index contributed by atoms with van der Waals surface area (Å²) in [4.78, 5) is 11.6. The second-order valence-electron chi connectivity index (χ2n) is 4.46. The van der Waals surface area contributed by atoms with Gasteiger partial charge in [0.25, 0.3) is 0 Å². The molecule has 0 heterocycles. The summed E-state index contributed by atoms with van der Waals surface area (Å²) in [6.45, 7) is 1.78. The molecule has 2 rings (SSSR count). The number of methoxy groups -OCH3 is 1. The van der Waals surface area contributed by atoms with Gasteiger partial charge in [-0.1, -0.05) is 29.3 Å². The lowest BCUT2D eigenvalue weighted by molar-refractivity contribution is 0.101. The molecule has 0 spiro atoms. The SMILES string of the molecule is COc1ccc(C(C)=O)c(OCc2ccc(Cl)c(Cl)c2)c1. The van der Waals surface area contributed by atoms with Gasteiger partial charge >= 0.3 is 0 Å². The highest BCUT2D eigenvalue weighted by atomic mass is 35.5. The van der Waals surface area contributed by atoms with Crippen LogP contribution in [0.4, 0.5) is 0 Å². The van der Waals surface area contributed by atoms with E-state index in [-0.39, 0.29) is 12.4 Å². The van der Waals surface area contributed by atoms with Gasteiger partial charge < -0.3 is 9.47 Å². The van der Waals surface area contributed by atoms with E-state index in [0.717, 1.165) is 5.56 Å². The topological polar surface area (TPSA) is 35.5 Å². The average Bonchev–Trinajstić information content (AvgIpc) is 2.48. The first-order valence-corrected chi connectivity index (χ1v) is 7.02. The molecule has 0 aliphatic carbocycles. The quantitative estimate of drug-likeness (QED) is 0.742. The van der Waals surface area contributed by atoms with Gasteiger partial charge in [0.2, 0.25) is 0 Å². The van der Waals surface area contributed by atoms with E-state index >= 15 is 0 Å². The highest BCUT2D eigenvalue weighted by Crippen LogP contribution is 2.27. The molecule has 0 amide bonds. The number of ether oxygens (including phenoxy) is 2. The summed E-state index contributed by atoms with van der Waals surface area (Å²) in [5.41, 5.74) is 1.37. The van der Waals surface area contributed by atoms with Crippen LogP contribution in [0.5, 0.6) is 11.5 Å². The van der Waals surface area contributed by atoms with Crippen molar-refractivity contribution in [2.75, 3.05) is 7.11 Å². The van der Waals surface area contributed by atoms with Crippen molar-refractivity contribution >= 4 is 29.0 Å². The molecule has 0 N–H and O–H groups in total. The number of rotatable bonds is 5. The molecule has 0 fully saturated rings. The van der Waals surface area contributed by atoms with Crippen LogP contribution >= 0.6 is 23.2 Å². The Morgan fingerprint density at radius 1 is 1.10 bits per heavy atom. The predicted molar refractivity (Wildman–Crippen MR) is 83.8 cm³/mol. The number of benzene rings is 2. The summed E-state index contributed by atoms with van der Waals surface area (Å²) in [5.74, 6) is 1.04. The minimum absolute atomic E-state index is 0.0678. The van der Waals surface area contributed by atoms with Crippen LogP contribution in [0, 0.1) is 0 Å². The van der Waals surface area contributed by atoms with Crippen molar-refractivity contribution in [1.29, 1.82) is 0 Å². The molecular formula is C16H14Cl2O3. The summed E-state index contributed by atoms with van der Waals surface area (Å²) < 4.78 is 10.9. The third-order valence-corrected chi connectivity index (χ3v) is 3.69. The van der Waals surface area contributed by atoms with Crippen LogP contribution in [0.3, 0.4) is 0 Å². The number of ketones is 1. The van der Waals surface area contributed by atoms with E-state index in [1.165, 1.54) is 6.92 Å². The van der Waals surface area contributed by atoms with Gasteiger partial charge in [0.05, 0.1) is 22.7 Å². The molecule has 0 aromatic heterocycles. The minimum Gasteiger partial charge on any atom is -0.497 e. The molecule has 0 radical (unpaired) electrons. The summed E-state index contributed by atoms with van der Waals surface area (Å²) >= 11 is 11.8. The van der Waals surface area contributed by atoms with Gasteiger partial charge in [0.15, 0.2) is 5.78 Å². The van der Waals surface area contributed by atoms with Crippen LogP contribution in [0.15, 0.2) is 36.4 Å². The minimum atomic E-state index is -0.0678. The second-order valence-corrected chi connectivity index (χ2v) is 5.27. The van der Waals surface area contributed by atoms with Crippen molar-refractivity contribution in [3.63, 3.8) is 0 Å². The maximum Gasteiger partial charge on any atom is 0.163 e. The molecule has 0 unspecified atom stereocenters. The molecule has 0 atom stereocenters. The van der Waals surface area contributed by atoms with Gasteiger partial charge in [-0.3, -0.25) is 4.79 Å². The molecular weight excluding hydrogens is 311 g/mol. The molecule has 110 valence electrons. The second kappa shape index (κ2) is 6.83. The van der Waals surface area contributed by atoms with Gasteiger partial charge in [-0.05, 0) is 36.8 Å². The number of carbonyl (C=O) groups is 1. The highest BCUT2D eigenvalue weighted by molar-refractivity contribution is 6.42. The van der Waals surface area contributed by atoms with E-state index < -0.39 is 0 Å². The first kappa shape index (κ1) is 15.7. The summed E-state index contributed by atoms with van der Waals surface area (Å²) in [5, 5.41) is 0.960. The Hall–Kier alpha value is -1.71. The zero-order valence-corrected chi connectivity index (χ0v) is 13.2. The first-order valence-electron chi connectivity index (χ1n) is 6.27. The maximum atomic E-state index is 11.6. The lowest BCUT2D eigenvalue weighted by atomic mass is 10.1. The fraction of sp³-hybridized carbons (Fsp3) is 0.188. The Morgan fingerprint density at radius 2 is 1.86 bits per heavy atom. The Kier molecular flexibility index (Phi) is 5.10. The Morgan fingerprint density at radius 3 is 2.48 bits per heavy atom. The Bertz CT molecular complexity index is 669. The Balaban J connectivity index is 2.21. The number of hydrogen-bond donors (Lipinski definition) is 0. The van der Waals surface area contributed by atoms with Gasteiger partial charge in [-0.15, -0.1) is 0 Å². The molecule has 0 bridgehead atoms. The highest BCUT2D eigenvalue weighted by Gasteiger charge is 2.10. The number of carbonyl (C=O) groups excluding carboxylic acids is 1. The van der Waals surface area contributed by atoms with Crippen LogP contribution in [0.1, 0.15) is 22.8 Å². The molecule has 2 aromatic carbocycles. The first-order chi connectivity index (χ1) is 10.0. The van der Waals surface area contributed by atoms with Crippen molar-refractivity contribution in [3.05, 3.63) is 57.6 Å². The molecule has 2 aromatic rings. The zero-order valence-electron chi connectivity index (χ0n) is 11.7. The van der Waals surface area contributed by atoms with E-state index in [0.29, 0.717) is 27.1 Å². The van der Waals surface area contributed by atoms with Gasteiger partial charge in [-0.25, -0.2) is 0 Å². The van der Waals surface area contributed by atoms with Crippen LogP contribution in [0.2, 0.25) is 10.0 Å². The zero-order chi connectivity index (χ0) is 15.4. The molecule has 0 saturated heterocycles. The summed E-state index contributed by atoms with van der Waals surface area (Å²) in [7, 11) is 1.56. The van der Waals surface area contributed by atoms with Gasteiger partial charge in [0, 0.05) is 6.07 Å². The molecule has 0 aliphatic heterocycles. The summed E-state index contributed by atoms with van der Waals surface area (Å²) in [6.07, 6.45) is 0. The Labute approximate surface area is 133 Å². The molecule has 0 aliphatic rings. The van der Waals surface area contributed by atoms with E-state index in [2.05, 4.69) is 0 Å². The monoisotopic (exact) mass is 324 g/mol. The molecule has 3 nitrogen and oxygen atoms in total. The fourth-order valence-corrected chi connectivity index (χ4v) is 2.15. The smallest absolute Gasteiger partial charge is 0.163 e. The predicted octanol–water partition coefficient (Wildman–Crippen LogP) is 4.78. The number of Topliss-reactive ketones (excluding diaryl/α,β-unsaturated/α-hetero) is 1. The van der Waals surface area contributed by atoms with E-state index in [9.17, 15) is 4.79 Å². The maximum absolute atomic E-state index is 11.6. The van der Waals surface area contributed by atoms with Crippen LogP contribution in [-0.2, 0) is 6.61 Å². The van der Waals surface area contributed by atoms with E-state index in [4.69, 9.17) is 32.7 Å². The number of hydrogen-bond acceptors (Lipinski definition) is 3. The molecule has 0 saturated carbocycles. The van der Waals surface area contributed by atoms with Crippen molar-refractivity contribution in [1.82, 2.24) is 0 Å². The van der Waals surface area contributed by atoms with Crippen LogP contribution in [-0.4, -0.2) is 12.9 Å². The van der Waals surface area contributed by atoms with Crippen molar-refractivity contribution < 1.29 is 14.3 Å². The van der Waals surface area contributed by atoms with Gasteiger partial charge in [-0.2, -0.15) is 0 Å². The largest absolute Gasteiger partial charge is 0.497 e. The van der Waals surface area contributed by atoms with Crippen LogP contribution in [0.25, 0.3) is 0 Å².